The summed E-state index contributed by atoms with van der Waals surface area (Å²) in [4.78, 5) is 23.5. The van der Waals surface area contributed by atoms with Gasteiger partial charge in [0.15, 0.2) is 6.29 Å². The number of alkyl halides is 4. The van der Waals surface area contributed by atoms with Crippen molar-refractivity contribution in [1.29, 1.82) is 0 Å². The number of aromatic amines is 1. The van der Waals surface area contributed by atoms with Crippen LogP contribution < -0.4 is 10.3 Å². The molecular formula is C8H5BrF3NO3. The minimum absolute atomic E-state index is 0.0687. The topological polar surface area (TPSA) is 59.2 Å². The molecule has 1 aromatic rings. The van der Waals surface area contributed by atoms with E-state index in [-0.39, 0.29) is 22.7 Å². The van der Waals surface area contributed by atoms with E-state index in [1.807, 2.05) is 4.98 Å². The van der Waals surface area contributed by atoms with Gasteiger partial charge < -0.3 is 4.74 Å². The van der Waals surface area contributed by atoms with E-state index < -0.39 is 17.8 Å². The molecule has 0 unspecified atom stereocenters. The van der Waals surface area contributed by atoms with Crippen LogP contribution in [-0.2, 0) is 5.33 Å². The van der Waals surface area contributed by atoms with Crippen LogP contribution in [-0.4, -0.2) is 17.6 Å². The van der Waals surface area contributed by atoms with Crippen molar-refractivity contribution in [1.82, 2.24) is 4.98 Å². The second-order valence-electron chi connectivity index (χ2n) is 2.70. The molecule has 0 aliphatic rings. The normalized spacial score (nSPS) is 11.2. The zero-order valence-electron chi connectivity index (χ0n) is 7.60. The molecule has 1 rings (SSSR count). The number of hydrogen-bond donors (Lipinski definition) is 1. The molecule has 0 saturated heterocycles. The van der Waals surface area contributed by atoms with Gasteiger partial charge in [0.2, 0.25) is 5.88 Å². The van der Waals surface area contributed by atoms with Crippen LogP contribution in [0.1, 0.15) is 15.9 Å². The van der Waals surface area contributed by atoms with Crippen LogP contribution >= 0.6 is 15.9 Å². The monoisotopic (exact) mass is 299 g/mol. The number of aromatic nitrogens is 1. The van der Waals surface area contributed by atoms with Crippen molar-refractivity contribution >= 4 is 22.2 Å². The first-order valence-corrected chi connectivity index (χ1v) is 5.02. The molecule has 0 spiro atoms. The maximum absolute atomic E-state index is 11.9. The van der Waals surface area contributed by atoms with E-state index >= 15 is 0 Å². The van der Waals surface area contributed by atoms with Gasteiger partial charge in [-0.15, -0.1) is 13.2 Å². The van der Waals surface area contributed by atoms with Gasteiger partial charge in [-0.1, -0.05) is 15.9 Å². The summed E-state index contributed by atoms with van der Waals surface area (Å²) in [5.41, 5.74) is -1.03. The number of carbonyl (C=O) groups is 1. The van der Waals surface area contributed by atoms with Gasteiger partial charge in [0, 0.05) is 11.4 Å². The molecule has 4 nitrogen and oxygen atoms in total. The minimum Gasteiger partial charge on any atom is -0.390 e. The minimum atomic E-state index is -4.89. The highest BCUT2D eigenvalue weighted by Gasteiger charge is 2.32. The standard InChI is InChI=1S/C8H5BrF3NO3/c9-2-4-1-6(16-8(10,11)12)13-7(15)5(4)3-14/h1,3H,2H2,(H,13,15). The van der Waals surface area contributed by atoms with Crippen LogP contribution in [0.15, 0.2) is 10.9 Å². The fraction of sp³-hybridized carbons (Fsp3) is 0.250. The van der Waals surface area contributed by atoms with Gasteiger partial charge in [0.1, 0.15) is 0 Å². The Hall–Kier alpha value is -1.31. The molecule has 16 heavy (non-hydrogen) atoms. The molecule has 0 radical (unpaired) electrons. The first kappa shape index (κ1) is 12.8. The summed E-state index contributed by atoms with van der Waals surface area (Å²) < 4.78 is 39.1. The van der Waals surface area contributed by atoms with E-state index in [4.69, 9.17) is 0 Å². The maximum Gasteiger partial charge on any atom is 0.574 e. The van der Waals surface area contributed by atoms with Crippen LogP contribution in [0.2, 0.25) is 0 Å². The zero-order chi connectivity index (χ0) is 12.3. The number of hydrogen-bond acceptors (Lipinski definition) is 3. The summed E-state index contributed by atoms with van der Waals surface area (Å²) in [7, 11) is 0. The third kappa shape index (κ3) is 3.09. The first-order valence-electron chi connectivity index (χ1n) is 3.90. The molecule has 1 aromatic heterocycles. The molecular weight excluding hydrogens is 295 g/mol. The highest BCUT2D eigenvalue weighted by Crippen LogP contribution is 2.21. The Balaban J connectivity index is 3.21. The van der Waals surface area contributed by atoms with Crippen LogP contribution in [0.25, 0.3) is 0 Å². The molecule has 0 amide bonds. The quantitative estimate of drug-likeness (QED) is 0.686. The summed E-state index contributed by atoms with van der Waals surface area (Å²) in [6, 6.07) is 0.938. The van der Waals surface area contributed by atoms with Crippen molar-refractivity contribution in [3.05, 3.63) is 27.5 Å². The average molecular weight is 300 g/mol. The molecule has 88 valence electrons. The lowest BCUT2D eigenvalue weighted by atomic mass is 10.2. The van der Waals surface area contributed by atoms with Gasteiger partial charge in [-0.3, -0.25) is 14.6 Å². The van der Waals surface area contributed by atoms with E-state index in [9.17, 15) is 22.8 Å². The molecule has 1 N–H and O–H groups in total. The number of pyridine rings is 1. The Morgan fingerprint density at radius 3 is 2.56 bits per heavy atom. The summed E-state index contributed by atoms with van der Waals surface area (Å²) in [6.07, 6.45) is -4.62. The van der Waals surface area contributed by atoms with Gasteiger partial charge in [-0.05, 0) is 5.56 Å². The molecule has 0 aliphatic carbocycles. The van der Waals surface area contributed by atoms with Crippen molar-refractivity contribution in [2.45, 2.75) is 11.7 Å². The summed E-state index contributed by atoms with van der Waals surface area (Å²) in [5.74, 6) is -0.752. The smallest absolute Gasteiger partial charge is 0.390 e. The summed E-state index contributed by atoms with van der Waals surface area (Å²) >= 11 is 2.95. The lowest BCUT2D eigenvalue weighted by molar-refractivity contribution is -0.276. The van der Waals surface area contributed by atoms with Crippen molar-refractivity contribution in [2.75, 3.05) is 0 Å². The number of halogens is 4. The van der Waals surface area contributed by atoms with Crippen LogP contribution in [0, 0.1) is 0 Å². The van der Waals surface area contributed by atoms with Gasteiger partial charge in [0.25, 0.3) is 5.56 Å². The number of H-pyrrole nitrogens is 1. The predicted molar refractivity (Wildman–Crippen MR) is 51.8 cm³/mol. The SMILES string of the molecule is O=Cc1c(CBr)cc(OC(F)(F)F)[nH]c1=O. The Morgan fingerprint density at radius 2 is 2.12 bits per heavy atom. The Bertz CT molecular complexity index is 455. The van der Waals surface area contributed by atoms with E-state index in [1.54, 1.807) is 0 Å². The second-order valence-corrected chi connectivity index (χ2v) is 3.26. The predicted octanol–water partition coefficient (Wildman–Crippen LogP) is 1.98. The van der Waals surface area contributed by atoms with E-state index in [1.165, 1.54) is 0 Å². The highest BCUT2D eigenvalue weighted by atomic mass is 79.9. The molecule has 0 atom stereocenters. The number of nitrogens with one attached hydrogen (secondary N) is 1. The number of ether oxygens (including phenoxy) is 1. The van der Waals surface area contributed by atoms with Crippen molar-refractivity contribution in [3.8, 4) is 5.88 Å². The first-order chi connectivity index (χ1) is 7.37. The van der Waals surface area contributed by atoms with Crippen LogP contribution in [0.4, 0.5) is 13.2 Å². The highest BCUT2D eigenvalue weighted by molar-refractivity contribution is 9.08. The van der Waals surface area contributed by atoms with Crippen molar-refractivity contribution in [2.24, 2.45) is 0 Å². The average Bonchev–Trinajstić information content (AvgIpc) is 2.14. The molecule has 0 bridgehead atoms. The van der Waals surface area contributed by atoms with Crippen LogP contribution in [0.5, 0.6) is 5.88 Å². The van der Waals surface area contributed by atoms with Crippen molar-refractivity contribution in [3.63, 3.8) is 0 Å². The summed E-state index contributed by atoms with van der Waals surface area (Å²) in [6.45, 7) is 0. The third-order valence-corrected chi connectivity index (χ3v) is 2.22. The Morgan fingerprint density at radius 1 is 1.50 bits per heavy atom. The molecule has 1 heterocycles. The Kier molecular flexibility index (Phi) is 3.74. The van der Waals surface area contributed by atoms with Gasteiger partial charge in [0.05, 0.1) is 5.56 Å². The number of carbonyl (C=O) groups excluding carboxylic acids is 1. The van der Waals surface area contributed by atoms with Gasteiger partial charge >= 0.3 is 6.36 Å². The number of aldehydes is 1. The van der Waals surface area contributed by atoms with E-state index in [0.717, 1.165) is 6.07 Å². The Labute approximate surface area is 95.5 Å². The van der Waals surface area contributed by atoms with E-state index in [0.29, 0.717) is 0 Å². The second kappa shape index (κ2) is 4.69. The van der Waals surface area contributed by atoms with Crippen molar-refractivity contribution < 1.29 is 22.7 Å². The molecule has 0 fully saturated rings. The third-order valence-electron chi connectivity index (χ3n) is 1.62. The summed E-state index contributed by atoms with van der Waals surface area (Å²) in [5, 5.41) is 0.0687. The van der Waals surface area contributed by atoms with E-state index in [2.05, 4.69) is 20.7 Å². The lowest BCUT2D eigenvalue weighted by Gasteiger charge is -2.09. The largest absolute Gasteiger partial charge is 0.574 e. The van der Waals surface area contributed by atoms with Crippen LogP contribution in [0.3, 0.4) is 0 Å². The fourth-order valence-corrected chi connectivity index (χ4v) is 1.48. The molecule has 0 aliphatic heterocycles. The lowest BCUT2D eigenvalue weighted by Crippen LogP contribution is -2.22. The molecule has 0 aromatic carbocycles. The fourth-order valence-electron chi connectivity index (χ4n) is 1.02. The van der Waals surface area contributed by atoms with Gasteiger partial charge in [-0.25, -0.2) is 0 Å². The zero-order valence-corrected chi connectivity index (χ0v) is 9.18. The molecule has 0 saturated carbocycles. The maximum atomic E-state index is 11.9. The molecule has 8 heteroatoms. The van der Waals surface area contributed by atoms with Gasteiger partial charge in [-0.2, -0.15) is 0 Å². The number of rotatable bonds is 3.